The van der Waals surface area contributed by atoms with Crippen molar-refractivity contribution in [3.8, 4) is 0 Å². The SMILES string of the molecule is CC(=O)[C@H]1CC[C@H]2[C@@H]3[C@H]4O[C@]45C[C@H](OC=O)CC[C@]5(C)[C@H]3CC[C@]12C. The van der Waals surface area contributed by atoms with Gasteiger partial charge in [0.2, 0.25) is 0 Å². The Kier molecular flexibility index (Phi) is 3.18. The van der Waals surface area contributed by atoms with Gasteiger partial charge >= 0.3 is 0 Å². The Morgan fingerprint density at radius 3 is 2.64 bits per heavy atom. The molecule has 5 aliphatic rings. The predicted octanol–water partition coefficient (Wildman–Crippen LogP) is 3.52. The molecule has 1 spiro atoms. The van der Waals surface area contributed by atoms with E-state index in [0.717, 1.165) is 25.7 Å². The zero-order valence-electron chi connectivity index (χ0n) is 15.6. The molecule has 1 heterocycles. The minimum absolute atomic E-state index is 0.0238. The van der Waals surface area contributed by atoms with Gasteiger partial charge in [-0.2, -0.15) is 0 Å². The molecule has 4 saturated carbocycles. The minimum atomic E-state index is -0.0617. The maximum absolute atomic E-state index is 12.2. The van der Waals surface area contributed by atoms with Crippen molar-refractivity contribution in [2.45, 2.75) is 83.5 Å². The molecule has 138 valence electrons. The molecule has 1 aliphatic heterocycles. The Morgan fingerprint density at radius 2 is 1.92 bits per heavy atom. The van der Waals surface area contributed by atoms with Gasteiger partial charge in [-0.1, -0.05) is 13.8 Å². The van der Waals surface area contributed by atoms with Crippen LogP contribution in [0, 0.1) is 34.5 Å². The first-order valence-corrected chi connectivity index (χ1v) is 10.1. The second-order valence-corrected chi connectivity index (χ2v) is 10.0. The lowest BCUT2D eigenvalue weighted by molar-refractivity contribution is -0.143. The predicted molar refractivity (Wildman–Crippen MR) is 91.7 cm³/mol. The maximum Gasteiger partial charge on any atom is 0.293 e. The molecular weight excluding hydrogens is 316 g/mol. The molecule has 0 aromatic rings. The van der Waals surface area contributed by atoms with E-state index in [4.69, 9.17) is 9.47 Å². The number of ether oxygens (including phenoxy) is 2. The molecule has 25 heavy (non-hydrogen) atoms. The number of rotatable bonds is 3. The van der Waals surface area contributed by atoms with E-state index in [-0.39, 0.29) is 28.5 Å². The van der Waals surface area contributed by atoms with Crippen LogP contribution in [-0.2, 0) is 19.1 Å². The summed E-state index contributed by atoms with van der Waals surface area (Å²) in [5.41, 5.74) is 0.331. The summed E-state index contributed by atoms with van der Waals surface area (Å²) in [6, 6.07) is 0. The van der Waals surface area contributed by atoms with E-state index in [9.17, 15) is 9.59 Å². The smallest absolute Gasteiger partial charge is 0.293 e. The van der Waals surface area contributed by atoms with Crippen LogP contribution in [0.3, 0.4) is 0 Å². The van der Waals surface area contributed by atoms with Gasteiger partial charge in [0.1, 0.15) is 17.5 Å². The van der Waals surface area contributed by atoms with Gasteiger partial charge in [0, 0.05) is 17.8 Å². The van der Waals surface area contributed by atoms with E-state index >= 15 is 0 Å². The zero-order valence-corrected chi connectivity index (χ0v) is 15.6. The first-order chi connectivity index (χ1) is 11.9. The summed E-state index contributed by atoms with van der Waals surface area (Å²) in [5, 5.41) is 0. The Hall–Kier alpha value is -0.900. The van der Waals surface area contributed by atoms with E-state index in [1.165, 1.54) is 19.3 Å². The lowest BCUT2D eigenvalue weighted by atomic mass is 9.53. The number of hydrogen-bond acceptors (Lipinski definition) is 4. The topological polar surface area (TPSA) is 55.9 Å². The summed E-state index contributed by atoms with van der Waals surface area (Å²) < 4.78 is 11.8. The van der Waals surface area contributed by atoms with Crippen LogP contribution in [0.25, 0.3) is 0 Å². The third kappa shape index (κ3) is 1.78. The van der Waals surface area contributed by atoms with Crippen LogP contribution in [0.4, 0.5) is 0 Å². The van der Waals surface area contributed by atoms with Crippen molar-refractivity contribution in [3.63, 3.8) is 0 Å². The highest BCUT2D eigenvalue weighted by atomic mass is 16.6. The van der Waals surface area contributed by atoms with Crippen molar-refractivity contribution in [3.05, 3.63) is 0 Å². The van der Waals surface area contributed by atoms with Crippen LogP contribution < -0.4 is 0 Å². The summed E-state index contributed by atoms with van der Waals surface area (Å²) in [7, 11) is 0. The summed E-state index contributed by atoms with van der Waals surface area (Å²) in [5.74, 6) is 2.57. The molecule has 9 atom stereocenters. The number of fused-ring (bicyclic) bond motifs is 5. The highest BCUT2D eigenvalue weighted by Gasteiger charge is 2.82. The highest BCUT2D eigenvalue weighted by Crippen LogP contribution is 2.78. The molecule has 0 amide bonds. The number of epoxide rings is 1. The number of carbonyl (C=O) groups excluding carboxylic acids is 2. The van der Waals surface area contributed by atoms with Gasteiger partial charge in [-0.05, 0) is 68.6 Å². The normalized spacial score (nSPS) is 58.5. The van der Waals surface area contributed by atoms with Gasteiger partial charge in [-0.25, -0.2) is 0 Å². The lowest BCUT2D eigenvalue weighted by Crippen LogP contribution is -2.49. The van der Waals surface area contributed by atoms with E-state index < -0.39 is 0 Å². The van der Waals surface area contributed by atoms with Gasteiger partial charge in [-0.15, -0.1) is 0 Å². The van der Waals surface area contributed by atoms with Crippen molar-refractivity contribution in [2.75, 3.05) is 0 Å². The molecule has 0 N–H and O–H groups in total. The van der Waals surface area contributed by atoms with Crippen LogP contribution in [-0.4, -0.2) is 30.1 Å². The molecule has 5 fully saturated rings. The summed E-state index contributed by atoms with van der Waals surface area (Å²) in [6.45, 7) is 7.21. The van der Waals surface area contributed by atoms with Crippen LogP contribution >= 0.6 is 0 Å². The first kappa shape index (κ1) is 16.3. The van der Waals surface area contributed by atoms with Crippen LogP contribution in [0.5, 0.6) is 0 Å². The van der Waals surface area contributed by atoms with Gasteiger partial charge in [0.05, 0.1) is 6.10 Å². The van der Waals surface area contributed by atoms with Crippen molar-refractivity contribution >= 4 is 12.3 Å². The molecule has 5 rings (SSSR count). The monoisotopic (exact) mass is 346 g/mol. The molecule has 4 nitrogen and oxygen atoms in total. The standard InChI is InChI=1S/C21H30O4/c1-12(23)14-4-5-15-17-16(7-8-19(14,15)2)20(3)9-6-13(24-11-22)10-21(20)18(17)25-21/h11,13-18H,4-10H2,1-3H3/t13-,14-,15+,16+,17+,18-,19-,20-,21-/m1/s1. The van der Waals surface area contributed by atoms with E-state index in [0.29, 0.717) is 36.1 Å². The molecular formula is C21H30O4. The molecule has 0 radical (unpaired) electrons. The van der Waals surface area contributed by atoms with Gasteiger partial charge in [0.15, 0.2) is 0 Å². The van der Waals surface area contributed by atoms with Gasteiger partial charge < -0.3 is 9.47 Å². The summed E-state index contributed by atoms with van der Waals surface area (Å²) >= 11 is 0. The first-order valence-electron chi connectivity index (χ1n) is 10.1. The van der Waals surface area contributed by atoms with Gasteiger partial charge in [0.25, 0.3) is 6.47 Å². The van der Waals surface area contributed by atoms with Gasteiger partial charge in [-0.3, -0.25) is 9.59 Å². The zero-order chi connectivity index (χ0) is 17.6. The Bertz CT molecular complexity index is 631. The van der Waals surface area contributed by atoms with Crippen molar-refractivity contribution in [2.24, 2.45) is 34.5 Å². The Labute approximate surface area is 150 Å². The number of ketones is 1. The molecule has 4 heteroatoms. The number of carbonyl (C=O) groups is 2. The molecule has 0 aromatic heterocycles. The average Bonchev–Trinajstić information content (AvgIpc) is 3.08. The summed E-state index contributed by atoms with van der Waals surface area (Å²) in [6.07, 6.45) is 7.96. The van der Waals surface area contributed by atoms with E-state index in [1.807, 2.05) is 0 Å². The lowest BCUT2D eigenvalue weighted by Gasteiger charge is -2.52. The highest BCUT2D eigenvalue weighted by molar-refractivity contribution is 5.79. The van der Waals surface area contributed by atoms with Crippen LogP contribution in [0.15, 0.2) is 0 Å². The summed E-state index contributed by atoms with van der Waals surface area (Å²) in [4.78, 5) is 23.0. The van der Waals surface area contributed by atoms with E-state index in [1.54, 1.807) is 6.92 Å². The third-order valence-electron chi connectivity index (χ3n) is 9.46. The number of hydrogen-bond donors (Lipinski definition) is 0. The number of Topliss-reactive ketones (excluding diaryl/α,β-unsaturated/α-hetero) is 1. The van der Waals surface area contributed by atoms with Crippen molar-refractivity contribution in [1.29, 1.82) is 0 Å². The fraction of sp³-hybridized carbons (Fsp3) is 0.905. The molecule has 1 saturated heterocycles. The van der Waals surface area contributed by atoms with Crippen molar-refractivity contribution < 1.29 is 19.1 Å². The molecule has 0 unspecified atom stereocenters. The van der Waals surface area contributed by atoms with Crippen molar-refractivity contribution in [1.82, 2.24) is 0 Å². The molecule has 0 bridgehead atoms. The maximum atomic E-state index is 12.2. The van der Waals surface area contributed by atoms with E-state index in [2.05, 4.69) is 13.8 Å². The minimum Gasteiger partial charge on any atom is -0.464 e. The molecule has 4 aliphatic carbocycles. The Balaban J connectivity index is 1.48. The third-order valence-corrected chi connectivity index (χ3v) is 9.46. The fourth-order valence-corrected chi connectivity index (χ4v) is 8.27. The second kappa shape index (κ2) is 4.88. The Morgan fingerprint density at radius 1 is 1.12 bits per heavy atom. The quantitative estimate of drug-likeness (QED) is 0.579. The molecule has 0 aromatic carbocycles. The van der Waals surface area contributed by atoms with Crippen LogP contribution in [0.2, 0.25) is 0 Å². The van der Waals surface area contributed by atoms with Crippen LogP contribution in [0.1, 0.15) is 65.7 Å². The fourth-order valence-electron chi connectivity index (χ4n) is 8.27. The largest absolute Gasteiger partial charge is 0.464 e. The second-order valence-electron chi connectivity index (χ2n) is 10.0. The average molecular weight is 346 g/mol.